The molecule has 4 rings (SSSR count). The third-order valence-electron chi connectivity index (χ3n) is 5.55. The maximum Gasteiger partial charge on any atom is 0.261 e. The number of carbonyl (C=O) groups is 2. The van der Waals surface area contributed by atoms with Crippen LogP contribution >= 0.6 is 15.9 Å². The fraction of sp³-hybridized carbons (Fsp3) is 0.318. The first-order chi connectivity index (χ1) is 15.4. The second-order valence-corrected chi connectivity index (χ2v) is 8.71. The van der Waals surface area contributed by atoms with Gasteiger partial charge < -0.3 is 16.0 Å². The van der Waals surface area contributed by atoms with E-state index in [1.807, 2.05) is 17.0 Å². The van der Waals surface area contributed by atoms with E-state index in [1.54, 1.807) is 24.4 Å². The molecule has 3 aromatic rings. The van der Waals surface area contributed by atoms with Gasteiger partial charge in [0, 0.05) is 30.5 Å². The molecule has 0 radical (unpaired) electrons. The van der Waals surface area contributed by atoms with Crippen molar-refractivity contribution in [2.75, 3.05) is 23.3 Å². The minimum atomic E-state index is -0.285. The summed E-state index contributed by atoms with van der Waals surface area (Å²) in [5, 5.41) is 3.30. The van der Waals surface area contributed by atoms with Crippen LogP contribution in [0.1, 0.15) is 19.3 Å². The molecule has 1 atom stereocenters. The molecule has 0 bridgehead atoms. The van der Waals surface area contributed by atoms with Crippen LogP contribution in [0.3, 0.4) is 0 Å². The van der Waals surface area contributed by atoms with Crippen LogP contribution in [-0.4, -0.2) is 39.4 Å². The number of anilines is 2. The number of aromatic nitrogens is 3. The monoisotopic (exact) mass is 498 g/mol. The Morgan fingerprint density at radius 3 is 2.81 bits per heavy atom. The number of hydrogen-bond donors (Lipinski definition) is 2. The van der Waals surface area contributed by atoms with E-state index in [9.17, 15) is 14.4 Å². The number of aryl methyl sites for hydroxylation is 1. The van der Waals surface area contributed by atoms with Crippen molar-refractivity contribution in [3.8, 4) is 0 Å². The van der Waals surface area contributed by atoms with Gasteiger partial charge in [0.1, 0.15) is 5.82 Å². The fourth-order valence-corrected chi connectivity index (χ4v) is 4.16. The minimum absolute atomic E-state index is 0.120. The first kappa shape index (κ1) is 21.9. The average Bonchev–Trinajstić information content (AvgIpc) is 2.79. The molecule has 2 aromatic heterocycles. The smallest absolute Gasteiger partial charge is 0.261 e. The fourth-order valence-electron chi connectivity index (χ4n) is 3.80. The van der Waals surface area contributed by atoms with E-state index in [0.29, 0.717) is 23.1 Å². The predicted octanol–water partition coefficient (Wildman–Crippen LogP) is 2.28. The van der Waals surface area contributed by atoms with Crippen molar-refractivity contribution in [3.05, 3.63) is 57.7 Å². The van der Waals surface area contributed by atoms with Crippen LogP contribution in [0.25, 0.3) is 10.9 Å². The summed E-state index contributed by atoms with van der Waals surface area (Å²) in [7, 11) is 0. The summed E-state index contributed by atoms with van der Waals surface area (Å²) in [6, 6.07) is 8.91. The van der Waals surface area contributed by atoms with Gasteiger partial charge in [-0.3, -0.25) is 19.0 Å². The number of fused-ring (bicyclic) bond motifs is 1. The van der Waals surface area contributed by atoms with E-state index in [1.165, 1.54) is 10.9 Å². The lowest BCUT2D eigenvalue weighted by molar-refractivity contribution is -0.122. The standard InChI is InChI=1S/C22H23BrN6O3/c23-15-3-5-18-17(10-15)22(32)29(13-26-18)9-7-20(30)27-16-4-6-19(25-11-16)28-8-1-2-14(12-28)21(24)31/h3-6,10-11,13-14H,1-2,7-9,12H2,(H2,24,31)(H,27,30). The summed E-state index contributed by atoms with van der Waals surface area (Å²) in [6.45, 7) is 1.58. The first-order valence-corrected chi connectivity index (χ1v) is 11.1. The number of pyridine rings is 1. The Morgan fingerprint density at radius 2 is 2.06 bits per heavy atom. The van der Waals surface area contributed by atoms with Gasteiger partial charge in [0.05, 0.1) is 35.0 Å². The van der Waals surface area contributed by atoms with Gasteiger partial charge in [0.2, 0.25) is 11.8 Å². The number of hydrogen-bond acceptors (Lipinski definition) is 6. The maximum atomic E-state index is 12.6. The number of carbonyl (C=O) groups excluding carboxylic acids is 2. The molecule has 1 aliphatic rings. The van der Waals surface area contributed by atoms with Crippen LogP contribution in [0, 0.1) is 5.92 Å². The number of nitrogens with two attached hydrogens (primary N) is 1. The van der Waals surface area contributed by atoms with Gasteiger partial charge >= 0.3 is 0 Å². The Balaban J connectivity index is 1.35. The molecule has 166 valence electrons. The highest BCUT2D eigenvalue weighted by molar-refractivity contribution is 9.10. The lowest BCUT2D eigenvalue weighted by Crippen LogP contribution is -2.41. The third kappa shape index (κ3) is 4.96. The second-order valence-electron chi connectivity index (χ2n) is 7.80. The number of rotatable bonds is 6. The lowest BCUT2D eigenvalue weighted by Gasteiger charge is -2.32. The van der Waals surface area contributed by atoms with Crippen molar-refractivity contribution in [1.29, 1.82) is 0 Å². The summed E-state index contributed by atoms with van der Waals surface area (Å²) >= 11 is 3.36. The van der Waals surface area contributed by atoms with Crippen LogP contribution in [0.2, 0.25) is 0 Å². The molecule has 1 aromatic carbocycles. The molecule has 1 unspecified atom stereocenters. The van der Waals surface area contributed by atoms with Gasteiger partial charge in [-0.1, -0.05) is 15.9 Å². The van der Waals surface area contributed by atoms with E-state index >= 15 is 0 Å². The zero-order valence-electron chi connectivity index (χ0n) is 17.3. The molecule has 0 saturated carbocycles. The van der Waals surface area contributed by atoms with Gasteiger partial charge in [0.25, 0.3) is 5.56 Å². The van der Waals surface area contributed by atoms with Gasteiger partial charge in [-0.15, -0.1) is 0 Å². The molecule has 9 nitrogen and oxygen atoms in total. The highest BCUT2D eigenvalue weighted by Gasteiger charge is 2.24. The lowest BCUT2D eigenvalue weighted by atomic mass is 9.97. The van der Waals surface area contributed by atoms with E-state index in [4.69, 9.17) is 5.73 Å². The van der Waals surface area contributed by atoms with E-state index in [2.05, 4.69) is 31.2 Å². The minimum Gasteiger partial charge on any atom is -0.369 e. The van der Waals surface area contributed by atoms with Crippen molar-refractivity contribution in [3.63, 3.8) is 0 Å². The van der Waals surface area contributed by atoms with Crippen molar-refractivity contribution in [2.24, 2.45) is 11.7 Å². The Morgan fingerprint density at radius 1 is 1.22 bits per heavy atom. The molecule has 0 aliphatic carbocycles. The predicted molar refractivity (Wildman–Crippen MR) is 125 cm³/mol. The number of nitrogens with zero attached hydrogens (tertiary/aromatic N) is 4. The molecular weight excluding hydrogens is 476 g/mol. The SMILES string of the molecule is NC(=O)C1CCCN(c2ccc(NC(=O)CCn3cnc4ccc(Br)cc4c3=O)cn2)C1. The molecule has 0 spiro atoms. The molecule has 2 amide bonds. The van der Waals surface area contributed by atoms with Crippen molar-refractivity contribution >= 4 is 50.2 Å². The van der Waals surface area contributed by atoms with E-state index in [-0.39, 0.29) is 36.3 Å². The Hall–Kier alpha value is -3.27. The van der Waals surface area contributed by atoms with E-state index < -0.39 is 0 Å². The molecular formula is C22H23BrN6O3. The van der Waals surface area contributed by atoms with Crippen LogP contribution < -0.4 is 21.5 Å². The first-order valence-electron chi connectivity index (χ1n) is 10.4. The topological polar surface area (TPSA) is 123 Å². The van der Waals surface area contributed by atoms with Crippen molar-refractivity contribution in [2.45, 2.75) is 25.8 Å². The zero-order chi connectivity index (χ0) is 22.7. The maximum absolute atomic E-state index is 12.6. The summed E-state index contributed by atoms with van der Waals surface area (Å²) in [4.78, 5) is 47.2. The van der Waals surface area contributed by atoms with E-state index in [0.717, 1.165) is 29.7 Å². The molecule has 32 heavy (non-hydrogen) atoms. The molecule has 1 saturated heterocycles. The van der Waals surface area contributed by atoms with Crippen LogP contribution in [-0.2, 0) is 16.1 Å². The number of primary amides is 1. The normalized spacial score (nSPS) is 16.2. The van der Waals surface area contributed by atoms with Gasteiger partial charge in [-0.2, -0.15) is 0 Å². The van der Waals surface area contributed by atoms with Crippen molar-refractivity contribution < 1.29 is 9.59 Å². The number of benzene rings is 1. The average molecular weight is 499 g/mol. The molecule has 10 heteroatoms. The summed E-state index contributed by atoms with van der Waals surface area (Å²) in [6.07, 6.45) is 4.85. The zero-order valence-corrected chi connectivity index (χ0v) is 18.9. The van der Waals surface area contributed by atoms with Gasteiger partial charge in [-0.25, -0.2) is 9.97 Å². The second kappa shape index (κ2) is 9.47. The Kier molecular flexibility index (Phi) is 6.50. The van der Waals surface area contributed by atoms with Crippen LogP contribution in [0.5, 0.6) is 0 Å². The summed E-state index contributed by atoms with van der Waals surface area (Å²) in [5.41, 5.74) is 6.43. The summed E-state index contributed by atoms with van der Waals surface area (Å²) in [5.74, 6) is 0.0624. The highest BCUT2D eigenvalue weighted by atomic mass is 79.9. The number of nitrogens with one attached hydrogen (secondary N) is 1. The number of amides is 2. The Bertz CT molecular complexity index is 1210. The van der Waals surface area contributed by atoms with Gasteiger partial charge in [-0.05, 0) is 43.2 Å². The summed E-state index contributed by atoms with van der Waals surface area (Å²) < 4.78 is 2.23. The molecule has 1 fully saturated rings. The third-order valence-corrected chi connectivity index (χ3v) is 6.04. The van der Waals surface area contributed by atoms with Crippen LogP contribution in [0.15, 0.2) is 52.1 Å². The van der Waals surface area contributed by atoms with Crippen molar-refractivity contribution in [1.82, 2.24) is 14.5 Å². The van der Waals surface area contributed by atoms with Crippen LogP contribution in [0.4, 0.5) is 11.5 Å². The van der Waals surface area contributed by atoms with Gasteiger partial charge in [0.15, 0.2) is 0 Å². The highest BCUT2D eigenvalue weighted by Crippen LogP contribution is 2.22. The molecule has 1 aliphatic heterocycles. The largest absolute Gasteiger partial charge is 0.369 e. The number of halogens is 1. The quantitative estimate of drug-likeness (QED) is 0.537. The molecule has 3 heterocycles. The molecule has 3 N–H and O–H groups in total. The number of piperidine rings is 1. The Labute approximate surface area is 192 Å².